The average Bonchev–Trinajstić information content (AvgIpc) is 3.17. The summed E-state index contributed by atoms with van der Waals surface area (Å²) in [6, 6.07) is 8.52. The third kappa shape index (κ3) is 3.37. The summed E-state index contributed by atoms with van der Waals surface area (Å²) >= 11 is 0. The molecule has 1 aromatic carbocycles. The highest BCUT2D eigenvalue weighted by Crippen LogP contribution is 2.41. The fourth-order valence-electron chi connectivity index (χ4n) is 3.01. The van der Waals surface area contributed by atoms with E-state index >= 15 is 0 Å². The lowest BCUT2D eigenvalue weighted by Gasteiger charge is -2.18. The third-order valence-electron chi connectivity index (χ3n) is 4.50. The van der Waals surface area contributed by atoms with Gasteiger partial charge in [-0.2, -0.15) is 0 Å². The van der Waals surface area contributed by atoms with Crippen molar-refractivity contribution in [2.75, 3.05) is 11.6 Å². The Labute approximate surface area is 137 Å². The number of hydrogen-bond donors (Lipinski definition) is 1. The van der Waals surface area contributed by atoms with E-state index in [1.165, 1.54) is 12.8 Å². The normalized spacial score (nSPS) is 17.8. The van der Waals surface area contributed by atoms with Gasteiger partial charge in [0.05, 0.1) is 0 Å². The predicted molar refractivity (Wildman–Crippen MR) is 89.1 cm³/mol. The van der Waals surface area contributed by atoms with Gasteiger partial charge in [-0.15, -0.1) is 0 Å². The number of carbonyl (C=O) groups excluding carboxylic acids is 1. The van der Waals surface area contributed by atoms with E-state index in [0.29, 0.717) is 16.3 Å². The molecule has 23 heavy (non-hydrogen) atoms. The highest BCUT2D eigenvalue weighted by Gasteiger charge is 2.34. The van der Waals surface area contributed by atoms with Gasteiger partial charge in [-0.25, -0.2) is 0 Å². The fourth-order valence-corrected chi connectivity index (χ4v) is 3.53. The average molecular weight is 332 g/mol. The zero-order valence-corrected chi connectivity index (χ0v) is 14.1. The lowest BCUT2D eigenvalue weighted by atomic mass is 9.86. The Hall–Kier alpha value is -1.95. The van der Waals surface area contributed by atoms with Crippen molar-refractivity contribution in [2.45, 2.75) is 42.9 Å². The van der Waals surface area contributed by atoms with E-state index in [1.807, 2.05) is 6.07 Å². The number of carbonyl (C=O) groups is 1. The molecule has 6 heteroatoms. The summed E-state index contributed by atoms with van der Waals surface area (Å²) in [6.45, 7) is 2.18. The highest BCUT2D eigenvalue weighted by atomic mass is 32.2. The quantitative estimate of drug-likeness (QED) is 0.930. The van der Waals surface area contributed by atoms with E-state index in [4.69, 9.17) is 4.52 Å². The van der Waals surface area contributed by atoms with Crippen molar-refractivity contribution in [3.63, 3.8) is 0 Å². The largest absolute Gasteiger partial charge is 0.359 e. The summed E-state index contributed by atoms with van der Waals surface area (Å²) in [7, 11) is -1.05. The van der Waals surface area contributed by atoms with E-state index in [2.05, 4.69) is 17.4 Å². The first kappa shape index (κ1) is 15.9. The van der Waals surface area contributed by atoms with Crippen molar-refractivity contribution in [2.24, 2.45) is 0 Å². The number of nitrogens with zero attached hydrogens (tertiary/aromatic N) is 1. The van der Waals surface area contributed by atoms with E-state index in [9.17, 15) is 9.00 Å². The Morgan fingerprint density at radius 2 is 1.91 bits per heavy atom. The van der Waals surface area contributed by atoms with Crippen LogP contribution < -0.4 is 5.32 Å². The Bertz CT molecular complexity index is 731. The molecule has 1 heterocycles. The van der Waals surface area contributed by atoms with Gasteiger partial charge in [-0.05, 0) is 37.1 Å². The Kier molecular flexibility index (Phi) is 4.35. The number of hydrogen-bond acceptors (Lipinski definition) is 4. The molecule has 1 aromatic heterocycles. The molecule has 1 fully saturated rings. The molecule has 5 nitrogen and oxygen atoms in total. The topological polar surface area (TPSA) is 72.2 Å². The van der Waals surface area contributed by atoms with Crippen molar-refractivity contribution in [1.29, 1.82) is 0 Å². The van der Waals surface area contributed by atoms with Crippen molar-refractivity contribution in [3.05, 3.63) is 41.7 Å². The van der Waals surface area contributed by atoms with Crippen LogP contribution in [0.25, 0.3) is 0 Å². The molecule has 0 saturated heterocycles. The molecule has 1 unspecified atom stereocenters. The maximum atomic E-state index is 12.2. The second-order valence-corrected chi connectivity index (χ2v) is 7.66. The monoisotopic (exact) mass is 332 g/mol. The molecule has 2 aromatic rings. The number of rotatable bonds is 4. The van der Waals surface area contributed by atoms with Gasteiger partial charge in [0.2, 0.25) is 0 Å². The fraction of sp³-hybridized carbons (Fsp3) is 0.412. The summed E-state index contributed by atoms with van der Waals surface area (Å²) in [5.41, 5.74) is 0.527. The number of amides is 1. The zero-order chi connectivity index (χ0) is 16.4. The molecule has 122 valence electrons. The molecule has 0 spiro atoms. The van der Waals surface area contributed by atoms with Gasteiger partial charge >= 0.3 is 0 Å². The van der Waals surface area contributed by atoms with Gasteiger partial charge in [0, 0.05) is 39.0 Å². The van der Waals surface area contributed by atoms with Crippen LogP contribution in [0, 0.1) is 0 Å². The lowest BCUT2D eigenvalue weighted by Crippen LogP contribution is -2.15. The highest BCUT2D eigenvalue weighted by molar-refractivity contribution is 7.84. The van der Waals surface area contributed by atoms with Gasteiger partial charge in [-0.3, -0.25) is 9.00 Å². The van der Waals surface area contributed by atoms with Crippen LogP contribution in [0.5, 0.6) is 0 Å². The molecule has 1 atom stereocenters. The van der Waals surface area contributed by atoms with Gasteiger partial charge < -0.3 is 9.84 Å². The summed E-state index contributed by atoms with van der Waals surface area (Å²) in [4.78, 5) is 12.9. The third-order valence-corrected chi connectivity index (χ3v) is 5.44. The van der Waals surface area contributed by atoms with Crippen molar-refractivity contribution >= 4 is 22.5 Å². The van der Waals surface area contributed by atoms with Crippen LogP contribution in [0.4, 0.5) is 5.82 Å². The second-order valence-electron chi connectivity index (χ2n) is 6.28. The van der Waals surface area contributed by atoms with Crippen LogP contribution in [0.1, 0.15) is 48.7 Å². The molecule has 1 N–H and O–H groups in total. The van der Waals surface area contributed by atoms with Crippen LogP contribution in [-0.4, -0.2) is 21.5 Å². The molecule has 3 rings (SSSR count). The Morgan fingerprint density at radius 3 is 2.52 bits per heavy atom. The molecule has 1 aliphatic carbocycles. The van der Waals surface area contributed by atoms with Crippen LogP contribution in [0.15, 0.2) is 39.8 Å². The first-order valence-electron chi connectivity index (χ1n) is 7.70. The minimum Gasteiger partial charge on any atom is -0.359 e. The van der Waals surface area contributed by atoms with Crippen molar-refractivity contribution < 1.29 is 13.5 Å². The molecule has 1 saturated carbocycles. The number of aromatic nitrogens is 1. The summed E-state index contributed by atoms with van der Waals surface area (Å²) in [5, 5.41) is 6.71. The molecule has 1 aliphatic rings. The van der Waals surface area contributed by atoms with Crippen LogP contribution >= 0.6 is 0 Å². The SMILES string of the molecule is CS(=O)c1ccc(C(=O)Nc2cc(C3(C)CCCC3)on2)cc1. The predicted octanol–water partition coefficient (Wildman–Crippen LogP) is 3.50. The van der Waals surface area contributed by atoms with Gasteiger partial charge in [0.25, 0.3) is 5.91 Å². The van der Waals surface area contributed by atoms with Crippen molar-refractivity contribution in [1.82, 2.24) is 5.16 Å². The second kappa shape index (κ2) is 6.28. The first-order chi connectivity index (χ1) is 11.0. The number of benzene rings is 1. The van der Waals surface area contributed by atoms with Crippen LogP contribution in [0.3, 0.4) is 0 Å². The minimum absolute atomic E-state index is 0.0306. The maximum Gasteiger partial charge on any atom is 0.256 e. The van der Waals surface area contributed by atoms with E-state index < -0.39 is 10.8 Å². The smallest absolute Gasteiger partial charge is 0.256 e. The van der Waals surface area contributed by atoms with Gasteiger partial charge in [-0.1, -0.05) is 24.9 Å². The Balaban J connectivity index is 1.70. The van der Waals surface area contributed by atoms with Crippen molar-refractivity contribution in [3.8, 4) is 0 Å². The molecular weight excluding hydrogens is 312 g/mol. The van der Waals surface area contributed by atoms with Gasteiger partial charge in [0.15, 0.2) is 5.82 Å². The molecule has 0 bridgehead atoms. The summed E-state index contributed by atoms with van der Waals surface area (Å²) < 4.78 is 16.8. The lowest BCUT2D eigenvalue weighted by molar-refractivity contribution is 0.102. The molecule has 0 radical (unpaired) electrons. The minimum atomic E-state index is -1.05. The molecule has 1 amide bonds. The number of nitrogens with one attached hydrogen (secondary N) is 1. The Morgan fingerprint density at radius 1 is 1.26 bits per heavy atom. The van der Waals surface area contributed by atoms with Crippen LogP contribution in [-0.2, 0) is 16.2 Å². The summed E-state index contributed by atoms with van der Waals surface area (Å²) in [5.74, 6) is 1.01. The molecule has 0 aliphatic heterocycles. The van der Waals surface area contributed by atoms with E-state index in [-0.39, 0.29) is 11.3 Å². The molecular formula is C17H20N2O3S. The van der Waals surface area contributed by atoms with Gasteiger partial charge in [0.1, 0.15) is 5.76 Å². The van der Waals surface area contributed by atoms with E-state index in [0.717, 1.165) is 18.6 Å². The van der Waals surface area contributed by atoms with E-state index in [1.54, 1.807) is 30.5 Å². The zero-order valence-electron chi connectivity index (χ0n) is 13.3. The maximum absolute atomic E-state index is 12.2. The number of anilines is 1. The first-order valence-corrected chi connectivity index (χ1v) is 9.26. The van der Waals surface area contributed by atoms with Crippen LogP contribution in [0.2, 0.25) is 0 Å². The summed E-state index contributed by atoms with van der Waals surface area (Å²) in [6.07, 6.45) is 6.18. The standard InChI is InChI=1S/C17H20N2O3S/c1-17(9-3-4-10-17)14-11-15(19-22-14)18-16(20)12-5-7-13(8-6-12)23(2)21/h5-8,11H,3-4,9-10H2,1-2H3,(H,18,19,20).